The molecule has 0 bridgehead atoms. The van der Waals surface area contributed by atoms with Crippen molar-refractivity contribution in [2.24, 2.45) is 0 Å². The fourth-order valence-electron chi connectivity index (χ4n) is 3.25. The highest BCUT2D eigenvalue weighted by Gasteiger charge is 2.16. The molecule has 0 radical (unpaired) electrons. The summed E-state index contributed by atoms with van der Waals surface area (Å²) < 4.78 is 19.0. The summed E-state index contributed by atoms with van der Waals surface area (Å²) in [6.07, 6.45) is 3.29. The van der Waals surface area contributed by atoms with Gasteiger partial charge in [-0.15, -0.1) is 0 Å². The molecular formula is C24H26FN2O3+. The molecule has 0 amide bonds. The molecule has 5 nitrogen and oxygen atoms in total. The fraction of sp³-hybridized carbons (Fsp3) is 0.250. The molecule has 0 aliphatic rings. The lowest BCUT2D eigenvalue weighted by Crippen LogP contribution is -2.14. The second kappa shape index (κ2) is 11.0. The molecule has 1 heterocycles. The standard InChI is InChI=1S/C24H25FN2O3/c25-21-9-7-19(8-10-21)20(17-24(28)29)16-18-5-11-22(12-6-18)30-15-3-14-27-23-4-1-2-13-26-23/h1-2,4-13,20H,3,14-17H2,(H,26,27)(H,28,29)/p+1. The Bertz CT molecular complexity index is 915. The van der Waals surface area contributed by atoms with E-state index in [0.717, 1.165) is 35.7 Å². The molecule has 1 atom stereocenters. The highest BCUT2D eigenvalue weighted by Crippen LogP contribution is 2.26. The molecule has 156 valence electrons. The minimum Gasteiger partial charge on any atom is -0.493 e. The Morgan fingerprint density at radius 3 is 2.50 bits per heavy atom. The van der Waals surface area contributed by atoms with Crippen LogP contribution in [0.25, 0.3) is 0 Å². The molecular weight excluding hydrogens is 383 g/mol. The topological polar surface area (TPSA) is 72.7 Å². The zero-order valence-corrected chi connectivity index (χ0v) is 16.7. The van der Waals surface area contributed by atoms with Crippen molar-refractivity contribution in [3.05, 3.63) is 89.9 Å². The van der Waals surface area contributed by atoms with Crippen molar-refractivity contribution in [3.63, 3.8) is 0 Å². The van der Waals surface area contributed by atoms with Crippen LogP contribution in [-0.2, 0) is 11.2 Å². The van der Waals surface area contributed by atoms with Crippen LogP contribution in [0.2, 0.25) is 0 Å². The second-order valence-electron chi connectivity index (χ2n) is 7.10. The van der Waals surface area contributed by atoms with Gasteiger partial charge in [0.15, 0.2) is 0 Å². The lowest BCUT2D eigenvalue weighted by Gasteiger charge is -2.16. The molecule has 3 N–H and O–H groups in total. The molecule has 6 heteroatoms. The number of pyridine rings is 1. The van der Waals surface area contributed by atoms with Gasteiger partial charge in [0.2, 0.25) is 0 Å². The van der Waals surface area contributed by atoms with Crippen molar-refractivity contribution in [2.75, 3.05) is 18.5 Å². The molecule has 3 rings (SSSR count). The lowest BCUT2D eigenvalue weighted by molar-refractivity contribution is -0.361. The number of nitrogens with one attached hydrogen (secondary N) is 2. The van der Waals surface area contributed by atoms with Crippen molar-refractivity contribution < 1.29 is 24.0 Å². The average Bonchev–Trinajstić information content (AvgIpc) is 2.75. The van der Waals surface area contributed by atoms with Gasteiger partial charge in [0.05, 0.1) is 25.8 Å². The molecule has 1 aromatic heterocycles. The molecule has 0 aliphatic heterocycles. The predicted molar refractivity (Wildman–Crippen MR) is 113 cm³/mol. The number of aromatic nitrogens is 1. The zero-order valence-electron chi connectivity index (χ0n) is 16.7. The van der Waals surface area contributed by atoms with Gasteiger partial charge in [-0.3, -0.25) is 10.1 Å². The van der Waals surface area contributed by atoms with Crippen LogP contribution < -0.4 is 15.0 Å². The Hall–Kier alpha value is -3.41. The number of rotatable bonds is 11. The molecule has 0 saturated heterocycles. The Morgan fingerprint density at radius 2 is 1.83 bits per heavy atom. The van der Waals surface area contributed by atoms with E-state index < -0.39 is 5.97 Å². The van der Waals surface area contributed by atoms with E-state index in [2.05, 4.69) is 10.3 Å². The number of carboxylic acids is 1. The van der Waals surface area contributed by atoms with Crippen molar-refractivity contribution in [2.45, 2.75) is 25.2 Å². The van der Waals surface area contributed by atoms with E-state index in [1.807, 2.05) is 48.7 Å². The maximum atomic E-state index is 13.2. The number of hydrogen-bond acceptors (Lipinski definition) is 3. The van der Waals surface area contributed by atoms with E-state index in [9.17, 15) is 14.3 Å². The van der Waals surface area contributed by atoms with E-state index in [1.54, 1.807) is 12.1 Å². The maximum Gasteiger partial charge on any atom is 0.303 e. The Labute approximate surface area is 175 Å². The fourth-order valence-corrected chi connectivity index (χ4v) is 3.25. The van der Waals surface area contributed by atoms with Crippen LogP contribution in [0.3, 0.4) is 0 Å². The first-order valence-electron chi connectivity index (χ1n) is 10.00. The summed E-state index contributed by atoms with van der Waals surface area (Å²) in [5.41, 5.74) is 1.83. The second-order valence-corrected chi connectivity index (χ2v) is 7.10. The average molecular weight is 409 g/mol. The largest absolute Gasteiger partial charge is 0.493 e. The number of carboxylic acid groups (broad SMARTS) is 1. The molecule has 30 heavy (non-hydrogen) atoms. The summed E-state index contributed by atoms with van der Waals surface area (Å²) >= 11 is 0. The smallest absolute Gasteiger partial charge is 0.303 e. The number of H-pyrrole nitrogens is 1. The summed E-state index contributed by atoms with van der Waals surface area (Å²) in [4.78, 5) is 14.4. The molecule has 0 spiro atoms. The molecule has 2 aromatic carbocycles. The van der Waals surface area contributed by atoms with E-state index in [-0.39, 0.29) is 18.2 Å². The van der Waals surface area contributed by atoms with Crippen molar-refractivity contribution in [1.82, 2.24) is 0 Å². The van der Waals surface area contributed by atoms with E-state index in [1.165, 1.54) is 12.1 Å². The number of halogens is 1. The minimum absolute atomic E-state index is 0.00424. The highest BCUT2D eigenvalue weighted by atomic mass is 19.1. The highest BCUT2D eigenvalue weighted by molar-refractivity contribution is 5.68. The van der Waals surface area contributed by atoms with Gasteiger partial charge in [-0.1, -0.05) is 30.3 Å². The number of aliphatic carboxylic acids is 1. The van der Waals surface area contributed by atoms with Gasteiger partial charge < -0.3 is 9.84 Å². The van der Waals surface area contributed by atoms with E-state index in [4.69, 9.17) is 4.74 Å². The molecule has 0 aliphatic carbocycles. The number of ether oxygens (including phenoxy) is 1. The van der Waals surface area contributed by atoms with Crippen molar-refractivity contribution >= 4 is 11.8 Å². The third-order valence-electron chi connectivity index (χ3n) is 4.78. The normalized spacial score (nSPS) is 11.6. The SMILES string of the molecule is O=C(O)CC(Cc1ccc(OCCCNc2cccc[nH+]2)cc1)c1ccc(F)cc1. The quantitative estimate of drug-likeness (QED) is 0.463. The van der Waals surface area contributed by atoms with Crippen LogP contribution in [0.4, 0.5) is 10.2 Å². The van der Waals surface area contributed by atoms with Crippen LogP contribution in [-0.4, -0.2) is 24.2 Å². The maximum absolute atomic E-state index is 13.2. The summed E-state index contributed by atoms with van der Waals surface area (Å²) in [7, 11) is 0. The van der Waals surface area contributed by atoms with Gasteiger partial charge in [0, 0.05) is 12.5 Å². The number of anilines is 1. The predicted octanol–water partition coefficient (Wildman–Crippen LogP) is 4.32. The summed E-state index contributed by atoms with van der Waals surface area (Å²) in [6.45, 7) is 1.39. The van der Waals surface area contributed by atoms with Gasteiger partial charge in [-0.2, -0.15) is 0 Å². The molecule has 0 fully saturated rings. The number of benzene rings is 2. The molecule has 1 unspecified atom stereocenters. The Morgan fingerprint density at radius 1 is 1.07 bits per heavy atom. The minimum atomic E-state index is -0.869. The van der Waals surface area contributed by atoms with Crippen LogP contribution in [0.5, 0.6) is 5.75 Å². The first-order valence-corrected chi connectivity index (χ1v) is 10.00. The monoisotopic (exact) mass is 409 g/mol. The van der Waals surface area contributed by atoms with Crippen LogP contribution >= 0.6 is 0 Å². The molecule has 3 aromatic rings. The Kier molecular flexibility index (Phi) is 7.78. The summed E-state index contributed by atoms with van der Waals surface area (Å²) in [6, 6.07) is 19.6. The van der Waals surface area contributed by atoms with E-state index in [0.29, 0.717) is 13.0 Å². The third kappa shape index (κ3) is 6.88. The van der Waals surface area contributed by atoms with Gasteiger partial charge in [0.1, 0.15) is 11.6 Å². The van der Waals surface area contributed by atoms with E-state index >= 15 is 0 Å². The van der Waals surface area contributed by atoms with Crippen LogP contribution in [0.1, 0.15) is 29.9 Å². The lowest BCUT2D eigenvalue weighted by atomic mass is 9.89. The number of aromatic amines is 1. The first-order chi connectivity index (χ1) is 14.6. The van der Waals surface area contributed by atoms with Gasteiger partial charge in [-0.25, -0.2) is 9.37 Å². The van der Waals surface area contributed by atoms with Crippen molar-refractivity contribution in [3.8, 4) is 5.75 Å². The molecule has 0 saturated carbocycles. The zero-order chi connectivity index (χ0) is 21.2. The summed E-state index contributed by atoms with van der Waals surface area (Å²) in [5, 5.41) is 12.5. The number of carbonyl (C=O) groups is 1. The Balaban J connectivity index is 1.48. The van der Waals surface area contributed by atoms with Gasteiger partial charge in [-0.05, 0) is 53.8 Å². The van der Waals surface area contributed by atoms with Crippen LogP contribution in [0, 0.1) is 5.82 Å². The van der Waals surface area contributed by atoms with Crippen molar-refractivity contribution in [1.29, 1.82) is 0 Å². The van der Waals surface area contributed by atoms with Crippen LogP contribution in [0.15, 0.2) is 72.9 Å². The van der Waals surface area contributed by atoms with Gasteiger partial charge in [0.25, 0.3) is 5.82 Å². The first kappa shape index (κ1) is 21.3. The number of hydrogen-bond donors (Lipinski definition) is 2. The summed E-state index contributed by atoms with van der Waals surface area (Å²) in [5.74, 6) is 0.341. The van der Waals surface area contributed by atoms with Gasteiger partial charge >= 0.3 is 5.97 Å². The third-order valence-corrected chi connectivity index (χ3v) is 4.78.